The lowest BCUT2D eigenvalue weighted by Crippen LogP contribution is -2.26. The van der Waals surface area contributed by atoms with E-state index in [0.717, 1.165) is 109 Å². The molecule has 332 valence electrons. The number of rotatable bonds is 12. The zero-order valence-corrected chi connectivity index (χ0v) is 34.1. The number of carbonyl (C=O) groups is 2. The minimum Gasteiger partial charge on any atom is -0.469 e. The van der Waals surface area contributed by atoms with Crippen LogP contribution in [0.4, 0.5) is 21.5 Å². The fraction of sp³-hybridized carbons (Fsp3) is 0.659. The second kappa shape index (κ2) is 26.7. The standard InChI is InChI=1S/C20H28N2O6.C11H12FNO4.C9H17NO2.CH4.ClH/c1-26-20(23)15-7-5-14(6-8-15)13-21-17-12-16(9-10-18(17)22(24)25)28-19-4-2-3-11-27-19;12-9-7-8(4-5-10(9)13(14)15)17-11-3-1-2-6-16-11;1-12-9(11)8-4-2-7(6-10)3-5-8;;/h9-10,12,14-15,19,21H,2-8,11,13H2,1H3;4-5,7,11H,1-3,6H2;7-8H,2-6,10H2,1H3;1H4;1H. The summed E-state index contributed by atoms with van der Waals surface area (Å²) in [6, 6.07) is 8.23. The van der Waals surface area contributed by atoms with Gasteiger partial charge in [-0.15, -0.1) is 12.4 Å². The van der Waals surface area contributed by atoms with Gasteiger partial charge in [0.2, 0.25) is 5.82 Å². The summed E-state index contributed by atoms with van der Waals surface area (Å²) in [6.07, 6.45) is 12.4. The molecule has 0 spiro atoms. The third kappa shape index (κ3) is 16.7. The van der Waals surface area contributed by atoms with E-state index in [1.54, 1.807) is 12.1 Å². The second-order valence-corrected chi connectivity index (χ2v) is 14.7. The van der Waals surface area contributed by atoms with Gasteiger partial charge >= 0.3 is 17.6 Å². The van der Waals surface area contributed by atoms with E-state index in [1.165, 1.54) is 26.4 Å². The number of nitrogens with one attached hydrogen (secondary N) is 1. The summed E-state index contributed by atoms with van der Waals surface area (Å²) in [4.78, 5) is 43.4. The van der Waals surface area contributed by atoms with Crippen LogP contribution < -0.4 is 20.5 Å². The fourth-order valence-corrected chi connectivity index (χ4v) is 7.33. The molecule has 2 aromatic rings. The van der Waals surface area contributed by atoms with Gasteiger partial charge in [0.1, 0.15) is 17.2 Å². The number of nitro groups is 2. The molecule has 4 fully saturated rings. The fourth-order valence-electron chi connectivity index (χ4n) is 7.33. The van der Waals surface area contributed by atoms with Gasteiger partial charge in [-0.3, -0.25) is 29.8 Å². The molecule has 2 aliphatic carbocycles. The maximum absolute atomic E-state index is 13.3. The van der Waals surface area contributed by atoms with Crippen LogP contribution in [0.3, 0.4) is 0 Å². The van der Waals surface area contributed by atoms with E-state index >= 15 is 0 Å². The van der Waals surface area contributed by atoms with Crippen molar-refractivity contribution in [1.29, 1.82) is 0 Å². The van der Waals surface area contributed by atoms with Gasteiger partial charge < -0.3 is 39.5 Å². The lowest BCUT2D eigenvalue weighted by Gasteiger charge is -2.27. The molecule has 16 nitrogen and oxygen atoms in total. The van der Waals surface area contributed by atoms with Crippen LogP contribution in [0.15, 0.2) is 36.4 Å². The molecule has 0 radical (unpaired) electrons. The van der Waals surface area contributed by atoms with Crippen LogP contribution in [0.2, 0.25) is 0 Å². The number of hydrogen-bond acceptors (Lipinski definition) is 14. The Balaban J connectivity index is 0.000000330. The van der Waals surface area contributed by atoms with E-state index in [9.17, 15) is 34.2 Å². The maximum atomic E-state index is 13.3. The molecule has 3 N–H and O–H groups in total. The first-order valence-electron chi connectivity index (χ1n) is 19.9. The Bertz CT molecular complexity index is 1600. The van der Waals surface area contributed by atoms with Crippen LogP contribution in [-0.2, 0) is 28.5 Å². The molecular weight excluding hydrogens is 795 g/mol. The van der Waals surface area contributed by atoms with E-state index in [-0.39, 0.29) is 67.6 Å². The number of halogens is 2. The molecule has 2 heterocycles. The van der Waals surface area contributed by atoms with Gasteiger partial charge in [0.25, 0.3) is 5.69 Å². The number of methoxy groups -OCH3 is 2. The molecule has 2 aliphatic heterocycles. The summed E-state index contributed by atoms with van der Waals surface area (Å²) in [6.45, 7) is 2.68. The Morgan fingerprint density at radius 3 is 1.59 bits per heavy atom. The van der Waals surface area contributed by atoms with Crippen LogP contribution in [0.25, 0.3) is 0 Å². The van der Waals surface area contributed by atoms with Gasteiger partial charge in [-0.05, 0) is 108 Å². The van der Waals surface area contributed by atoms with Gasteiger partial charge in [0, 0.05) is 43.7 Å². The first kappa shape index (κ1) is 50.8. The van der Waals surface area contributed by atoms with Crippen molar-refractivity contribution in [2.75, 3.05) is 45.8 Å². The van der Waals surface area contributed by atoms with E-state index in [4.69, 9.17) is 29.4 Å². The Kier molecular flexibility index (Phi) is 23.0. The quantitative estimate of drug-likeness (QED) is 0.116. The van der Waals surface area contributed by atoms with Crippen molar-refractivity contribution in [1.82, 2.24) is 0 Å². The van der Waals surface area contributed by atoms with Gasteiger partial charge in [-0.25, -0.2) is 0 Å². The van der Waals surface area contributed by atoms with Gasteiger partial charge in [-0.2, -0.15) is 4.39 Å². The number of nitro benzene ring substituents is 2. The molecule has 2 aromatic carbocycles. The predicted octanol–water partition coefficient (Wildman–Crippen LogP) is 8.51. The summed E-state index contributed by atoms with van der Waals surface area (Å²) < 4.78 is 44.9. The monoisotopic (exact) mass is 856 g/mol. The smallest absolute Gasteiger partial charge is 0.308 e. The highest BCUT2D eigenvalue weighted by molar-refractivity contribution is 5.85. The highest BCUT2D eigenvalue weighted by Crippen LogP contribution is 2.34. The van der Waals surface area contributed by atoms with Crippen molar-refractivity contribution in [3.05, 3.63) is 62.4 Å². The Morgan fingerprint density at radius 1 is 0.729 bits per heavy atom. The number of nitrogens with two attached hydrogens (primary N) is 1. The van der Waals surface area contributed by atoms with E-state index in [1.807, 2.05) is 0 Å². The average molecular weight is 857 g/mol. The largest absolute Gasteiger partial charge is 0.469 e. The third-order valence-electron chi connectivity index (χ3n) is 10.8. The van der Waals surface area contributed by atoms with Crippen molar-refractivity contribution in [2.45, 2.75) is 110 Å². The highest BCUT2D eigenvalue weighted by atomic mass is 35.5. The van der Waals surface area contributed by atoms with Crippen molar-refractivity contribution in [3.8, 4) is 11.5 Å². The molecule has 2 saturated heterocycles. The molecule has 18 heteroatoms. The number of ether oxygens (including phenoxy) is 6. The van der Waals surface area contributed by atoms with E-state index < -0.39 is 21.4 Å². The Hall–Kier alpha value is -4.32. The maximum Gasteiger partial charge on any atom is 0.308 e. The van der Waals surface area contributed by atoms with Crippen LogP contribution in [0.5, 0.6) is 11.5 Å². The molecule has 2 unspecified atom stereocenters. The summed E-state index contributed by atoms with van der Waals surface area (Å²) in [5.74, 6) is 0.832. The molecule has 0 bridgehead atoms. The molecule has 2 atom stereocenters. The number of nitrogens with zero attached hydrogens (tertiary/aromatic N) is 2. The minimum absolute atomic E-state index is 0. The Labute approximate surface area is 352 Å². The minimum atomic E-state index is -0.900. The molecule has 4 aliphatic rings. The zero-order chi connectivity index (χ0) is 41.2. The molecular formula is C41H62ClFN4O12. The third-order valence-corrected chi connectivity index (χ3v) is 10.8. The van der Waals surface area contributed by atoms with Crippen molar-refractivity contribution in [3.63, 3.8) is 0 Å². The number of benzene rings is 2. The SMILES string of the molecule is C.COC(=O)C1CCC(CN)CC1.COC(=O)C1CCC(CNc2cc(OC3CCCCO3)ccc2[N+](=O)[O-])CC1.Cl.O=[N+]([O-])c1ccc(OC2CCCCO2)cc1F. The summed E-state index contributed by atoms with van der Waals surface area (Å²) in [5, 5.41) is 25.0. The summed E-state index contributed by atoms with van der Waals surface area (Å²) in [7, 11) is 2.87. The number of carbonyl (C=O) groups excluding carboxylic acids is 2. The Morgan fingerprint density at radius 2 is 1.19 bits per heavy atom. The van der Waals surface area contributed by atoms with E-state index in [0.29, 0.717) is 43.0 Å². The summed E-state index contributed by atoms with van der Waals surface area (Å²) in [5.41, 5.74) is 5.47. The highest BCUT2D eigenvalue weighted by Gasteiger charge is 2.28. The van der Waals surface area contributed by atoms with Crippen LogP contribution in [0, 0.1) is 49.7 Å². The normalized spacial score (nSPS) is 23.7. The first-order valence-corrected chi connectivity index (χ1v) is 19.9. The van der Waals surface area contributed by atoms with Gasteiger partial charge in [-0.1, -0.05) is 7.43 Å². The van der Waals surface area contributed by atoms with Crippen LogP contribution in [-0.4, -0.2) is 74.9 Å². The lowest BCUT2D eigenvalue weighted by atomic mass is 9.82. The molecule has 0 aromatic heterocycles. The van der Waals surface area contributed by atoms with Gasteiger partial charge in [0.05, 0.1) is 49.1 Å². The number of hydrogen-bond donors (Lipinski definition) is 2. The molecule has 0 amide bonds. The lowest BCUT2D eigenvalue weighted by molar-refractivity contribution is -0.387. The van der Waals surface area contributed by atoms with Crippen LogP contribution >= 0.6 is 12.4 Å². The van der Waals surface area contributed by atoms with Crippen LogP contribution in [0.1, 0.15) is 97.3 Å². The van der Waals surface area contributed by atoms with Gasteiger partial charge in [0.15, 0.2) is 12.6 Å². The molecule has 59 heavy (non-hydrogen) atoms. The first-order chi connectivity index (χ1) is 27.5. The van der Waals surface area contributed by atoms with Crippen molar-refractivity contribution < 1.29 is 52.2 Å². The summed E-state index contributed by atoms with van der Waals surface area (Å²) >= 11 is 0. The van der Waals surface area contributed by atoms with Crippen molar-refractivity contribution >= 4 is 41.4 Å². The number of anilines is 1. The second-order valence-electron chi connectivity index (χ2n) is 14.7. The predicted molar refractivity (Wildman–Crippen MR) is 221 cm³/mol. The zero-order valence-electron chi connectivity index (χ0n) is 33.3. The number of esters is 2. The van der Waals surface area contributed by atoms with E-state index in [2.05, 4.69) is 10.1 Å². The van der Waals surface area contributed by atoms with Crippen molar-refractivity contribution in [2.24, 2.45) is 29.4 Å². The molecule has 6 rings (SSSR count). The molecule has 2 saturated carbocycles. The topological polar surface area (TPSA) is 214 Å². The average Bonchev–Trinajstić information content (AvgIpc) is 3.23.